The Morgan fingerprint density at radius 1 is 1.04 bits per heavy atom. The summed E-state index contributed by atoms with van der Waals surface area (Å²) in [7, 11) is 3.31. The molecule has 0 aliphatic rings. The topological polar surface area (TPSA) is 78.1 Å². The highest BCUT2D eigenvalue weighted by atomic mass is 16.5. The third-order valence-corrected chi connectivity index (χ3v) is 3.47. The number of ether oxygens (including phenoxy) is 3. The number of guanidine groups is 1. The molecule has 0 aliphatic carbocycles. The van der Waals surface area contributed by atoms with E-state index in [0.717, 1.165) is 22.6 Å². The predicted octanol–water partition coefficient (Wildman–Crippen LogP) is 2.79. The number of anilines is 1. The van der Waals surface area contributed by atoms with Gasteiger partial charge < -0.3 is 25.3 Å². The summed E-state index contributed by atoms with van der Waals surface area (Å²) < 4.78 is 15.8. The van der Waals surface area contributed by atoms with Crippen LogP contribution in [0.15, 0.2) is 53.5 Å². The number of methoxy groups -OCH3 is 2. The Bertz CT molecular complexity index is 689. The van der Waals surface area contributed by atoms with Crippen LogP contribution in [0.2, 0.25) is 0 Å². The van der Waals surface area contributed by atoms with Gasteiger partial charge in [-0.25, -0.2) is 4.99 Å². The molecule has 0 bridgehead atoms. The minimum atomic E-state index is 0.356. The average molecular weight is 343 g/mol. The van der Waals surface area contributed by atoms with E-state index in [4.69, 9.17) is 19.9 Å². The number of rotatable bonds is 9. The number of aliphatic imine (C=N–C) groups is 1. The lowest BCUT2D eigenvalue weighted by Gasteiger charge is -2.11. The van der Waals surface area contributed by atoms with Gasteiger partial charge in [0.15, 0.2) is 5.96 Å². The molecule has 2 aromatic carbocycles. The largest absolute Gasteiger partial charge is 0.491 e. The van der Waals surface area contributed by atoms with Crippen LogP contribution in [-0.2, 0) is 22.6 Å². The fourth-order valence-electron chi connectivity index (χ4n) is 2.25. The van der Waals surface area contributed by atoms with Gasteiger partial charge in [-0.3, -0.25) is 0 Å². The molecule has 0 fully saturated rings. The zero-order valence-corrected chi connectivity index (χ0v) is 14.7. The maximum Gasteiger partial charge on any atom is 0.193 e. The maximum atomic E-state index is 6.01. The molecule has 0 saturated heterocycles. The number of hydrogen-bond acceptors (Lipinski definition) is 4. The number of nitrogens with one attached hydrogen (secondary N) is 1. The van der Waals surface area contributed by atoms with Crippen LogP contribution in [0, 0.1) is 0 Å². The Labute approximate surface area is 148 Å². The Morgan fingerprint density at radius 3 is 2.68 bits per heavy atom. The van der Waals surface area contributed by atoms with Crippen molar-refractivity contribution in [2.75, 3.05) is 32.8 Å². The van der Waals surface area contributed by atoms with E-state index in [1.54, 1.807) is 14.2 Å². The molecule has 0 spiro atoms. The first-order valence-electron chi connectivity index (χ1n) is 8.07. The first-order valence-corrected chi connectivity index (χ1v) is 8.07. The summed E-state index contributed by atoms with van der Waals surface area (Å²) in [4.78, 5) is 4.39. The van der Waals surface area contributed by atoms with Gasteiger partial charge in [-0.1, -0.05) is 30.3 Å². The van der Waals surface area contributed by atoms with Crippen molar-refractivity contribution in [1.29, 1.82) is 0 Å². The molecule has 0 heterocycles. The first-order chi connectivity index (χ1) is 12.2. The predicted molar refractivity (Wildman–Crippen MR) is 99.9 cm³/mol. The Kier molecular flexibility index (Phi) is 7.75. The van der Waals surface area contributed by atoms with E-state index >= 15 is 0 Å². The van der Waals surface area contributed by atoms with Gasteiger partial charge in [-0.2, -0.15) is 0 Å². The van der Waals surface area contributed by atoms with Crippen LogP contribution in [0.1, 0.15) is 11.1 Å². The SMILES string of the molecule is COCCOc1cccc(CN=C(N)Nc2ccccc2COC)c1. The van der Waals surface area contributed by atoms with Gasteiger partial charge in [0.25, 0.3) is 0 Å². The molecule has 0 atom stereocenters. The van der Waals surface area contributed by atoms with Crippen LogP contribution >= 0.6 is 0 Å². The van der Waals surface area contributed by atoms with E-state index in [1.807, 2.05) is 48.5 Å². The molecule has 6 heteroatoms. The molecule has 0 radical (unpaired) electrons. The average Bonchev–Trinajstić information content (AvgIpc) is 2.62. The summed E-state index contributed by atoms with van der Waals surface area (Å²) in [6.07, 6.45) is 0. The summed E-state index contributed by atoms with van der Waals surface area (Å²) in [5, 5.41) is 3.12. The molecule has 25 heavy (non-hydrogen) atoms. The summed E-state index contributed by atoms with van der Waals surface area (Å²) >= 11 is 0. The van der Waals surface area contributed by atoms with E-state index in [2.05, 4.69) is 10.3 Å². The zero-order chi connectivity index (χ0) is 17.9. The number of hydrogen-bond donors (Lipinski definition) is 2. The number of nitrogens with zero attached hydrogens (tertiary/aromatic N) is 1. The van der Waals surface area contributed by atoms with E-state index in [-0.39, 0.29) is 0 Å². The van der Waals surface area contributed by atoms with Gasteiger partial charge in [0.05, 0.1) is 19.8 Å². The molecular formula is C19H25N3O3. The third-order valence-electron chi connectivity index (χ3n) is 3.47. The quantitative estimate of drug-likeness (QED) is 0.416. The molecule has 0 saturated carbocycles. The lowest BCUT2D eigenvalue weighted by molar-refractivity contribution is 0.146. The monoisotopic (exact) mass is 343 g/mol. The van der Waals surface area contributed by atoms with Crippen molar-refractivity contribution in [2.24, 2.45) is 10.7 Å². The highest BCUT2D eigenvalue weighted by Gasteiger charge is 2.03. The van der Waals surface area contributed by atoms with E-state index < -0.39 is 0 Å². The summed E-state index contributed by atoms with van der Waals surface area (Å²) in [5.74, 6) is 1.15. The van der Waals surface area contributed by atoms with Crippen molar-refractivity contribution in [3.05, 3.63) is 59.7 Å². The Balaban J connectivity index is 1.96. The van der Waals surface area contributed by atoms with Crippen LogP contribution in [0.5, 0.6) is 5.75 Å². The van der Waals surface area contributed by atoms with Crippen molar-refractivity contribution in [1.82, 2.24) is 0 Å². The molecule has 3 N–H and O–H groups in total. The lowest BCUT2D eigenvalue weighted by atomic mass is 10.2. The molecule has 0 aliphatic heterocycles. The molecule has 0 unspecified atom stereocenters. The second-order valence-electron chi connectivity index (χ2n) is 5.41. The molecular weight excluding hydrogens is 318 g/mol. The fourth-order valence-corrected chi connectivity index (χ4v) is 2.25. The van der Waals surface area contributed by atoms with E-state index in [0.29, 0.717) is 32.3 Å². The second kappa shape index (κ2) is 10.3. The molecule has 2 aromatic rings. The van der Waals surface area contributed by atoms with Crippen molar-refractivity contribution < 1.29 is 14.2 Å². The van der Waals surface area contributed by atoms with Crippen LogP contribution < -0.4 is 15.8 Å². The van der Waals surface area contributed by atoms with Gasteiger partial charge in [-0.05, 0) is 23.8 Å². The van der Waals surface area contributed by atoms with Crippen molar-refractivity contribution >= 4 is 11.6 Å². The van der Waals surface area contributed by atoms with Gasteiger partial charge >= 0.3 is 0 Å². The second-order valence-corrected chi connectivity index (χ2v) is 5.41. The third kappa shape index (κ3) is 6.45. The van der Waals surface area contributed by atoms with Gasteiger partial charge in [-0.15, -0.1) is 0 Å². The Hall–Kier alpha value is -2.57. The van der Waals surface area contributed by atoms with Crippen molar-refractivity contribution in [3.8, 4) is 5.75 Å². The minimum Gasteiger partial charge on any atom is -0.491 e. The summed E-state index contributed by atoms with van der Waals surface area (Å²) in [6, 6.07) is 15.6. The Morgan fingerprint density at radius 2 is 1.88 bits per heavy atom. The number of benzene rings is 2. The molecule has 0 amide bonds. The normalized spacial score (nSPS) is 11.4. The van der Waals surface area contributed by atoms with E-state index in [9.17, 15) is 0 Å². The highest BCUT2D eigenvalue weighted by Crippen LogP contribution is 2.16. The molecule has 2 rings (SSSR count). The van der Waals surface area contributed by atoms with Crippen LogP contribution in [0.25, 0.3) is 0 Å². The lowest BCUT2D eigenvalue weighted by Crippen LogP contribution is -2.23. The van der Waals surface area contributed by atoms with Crippen LogP contribution in [-0.4, -0.2) is 33.4 Å². The zero-order valence-electron chi connectivity index (χ0n) is 14.7. The van der Waals surface area contributed by atoms with Gasteiger partial charge in [0.2, 0.25) is 0 Å². The molecule has 134 valence electrons. The molecule has 0 aromatic heterocycles. The minimum absolute atomic E-state index is 0.356. The standard InChI is InChI=1S/C19H25N3O3/c1-23-10-11-25-17-8-5-6-15(12-17)13-21-19(20)22-18-9-4-3-7-16(18)14-24-2/h3-9,12H,10-11,13-14H2,1-2H3,(H3,20,21,22). The smallest absolute Gasteiger partial charge is 0.193 e. The number of para-hydroxylation sites is 1. The highest BCUT2D eigenvalue weighted by molar-refractivity contribution is 5.92. The first kappa shape index (κ1) is 18.8. The maximum absolute atomic E-state index is 6.01. The molecule has 6 nitrogen and oxygen atoms in total. The fraction of sp³-hybridized carbons (Fsp3) is 0.316. The summed E-state index contributed by atoms with van der Waals surface area (Å²) in [5.41, 5.74) is 8.94. The van der Waals surface area contributed by atoms with Crippen LogP contribution in [0.4, 0.5) is 5.69 Å². The van der Waals surface area contributed by atoms with Gasteiger partial charge in [0.1, 0.15) is 12.4 Å². The number of nitrogens with two attached hydrogens (primary N) is 1. The van der Waals surface area contributed by atoms with Crippen LogP contribution in [0.3, 0.4) is 0 Å². The van der Waals surface area contributed by atoms with Gasteiger partial charge in [0, 0.05) is 25.5 Å². The summed E-state index contributed by atoms with van der Waals surface area (Å²) in [6.45, 7) is 2.05. The van der Waals surface area contributed by atoms with Crippen molar-refractivity contribution in [2.45, 2.75) is 13.2 Å². The van der Waals surface area contributed by atoms with E-state index in [1.165, 1.54) is 0 Å². The van der Waals surface area contributed by atoms with Crippen molar-refractivity contribution in [3.63, 3.8) is 0 Å².